The predicted octanol–water partition coefficient (Wildman–Crippen LogP) is 4.82. The van der Waals surface area contributed by atoms with Gasteiger partial charge in [-0.3, -0.25) is 14.5 Å². The molecular weight excluding hydrogens is 344 g/mol. The van der Waals surface area contributed by atoms with Crippen LogP contribution in [0.5, 0.6) is 0 Å². The summed E-state index contributed by atoms with van der Waals surface area (Å²) in [5.74, 6) is 0.598. The molecule has 0 aliphatic carbocycles. The largest absolute Gasteiger partial charge is 0.326 e. The van der Waals surface area contributed by atoms with Gasteiger partial charge in [0, 0.05) is 17.8 Å². The van der Waals surface area contributed by atoms with Gasteiger partial charge in [-0.1, -0.05) is 25.1 Å². The van der Waals surface area contributed by atoms with Crippen LogP contribution in [0.15, 0.2) is 42.5 Å². The van der Waals surface area contributed by atoms with E-state index in [-0.39, 0.29) is 17.2 Å². The Labute approximate surface area is 159 Å². The highest BCUT2D eigenvalue weighted by atomic mass is 32.2. The zero-order valence-electron chi connectivity index (χ0n) is 15.4. The molecule has 0 spiro atoms. The number of benzene rings is 2. The average Bonchev–Trinajstić information content (AvgIpc) is 2.96. The Kier molecular flexibility index (Phi) is 5.67. The number of amides is 2. The van der Waals surface area contributed by atoms with Gasteiger partial charge >= 0.3 is 0 Å². The Morgan fingerprint density at radius 1 is 1.19 bits per heavy atom. The summed E-state index contributed by atoms with van der Waals surface area (Å²) >= 11 is 1.62. The molecule has 2 amide bonds. The molecule has 1 aliphatic rings. The Morgan fingerprint density at radius 3 is 2.62 bits per heavy atom. The van der Waals surface area contributed by atoms with Crippen LogP contribution in [0.1, 0.15) is 41.8 Å². The summed E-state index contributed by atoms with van der Waals surface area (Å²) in [5, 5.41) is 2.86. The van der Waals surface area contributed by atoms with Crippen LogP contribution in [0.2, 0.25) is 0 Å². The van der Waals surface area contributed by atoms with Gasteiger partial charge in [0.25, 0.3) is 0 Å². The third-order valence-electron chi connectivity index (χ3n) is 4.29. The van der Waals surface area contributed by atoms with Gasteiger partial charge in [0.15, 0.2) is 0 Å². The van der Waals surface area contributed by atoms with Crippen LogP contribution in [0.4, 0.5) is 11.4 Å². The van der Waals surface area contributed by atoms with E-state index in [1.165, 1.54) is 0 Å². The summed E-state index contributed by atoms with van der Waals surface area (Å²) < 4.78 is 0. The molecule has 5 heteroatoms. The molecule has 1 N–H and O–H groups in total. The first-order valence-corrected chi connectivity index (χ1v) is 9.94. The predicted molar refractivity (Wildman–Crippen MR) is 109 cm³/mol. The summed E-state index contributed by atoms with van der Waals surface area (Å²) in [7, 11) is 0. The number of hydrogen-bond acceptors (Lipinski definition) is 3. The highest BCUT2D eigenvalue weighted by Gasteiger charge is 2.34. The molecule has 1 fully saturated rings. The van der Waals surface area contributed by atoms with E-state index in [4.69, 9.17) is 0 Å². The fourth-order valence-corrected chi connectivity index (χ4v) is 4.43. The highest BCUT2D eigenvalue weighted by Crippen LogP contribution is 2.42. The lowest BCUT2D eigenvalue weighted by Gasteiger charge is -2.25. The second kappa shape index (κ2) is 7.96. The normalized spacial score (nSPS) is 16.8. The van der Waals surface area contributed by atoms with E-state index in [1.54, 1.807) is 11.8 Å². The maximum atomic E-state index is 12.6. The summed E-state index contributed by atoms with van der Waals surface area (Å²) in [6.07, 6.45) is 1.33. The van der Waals surface area contributed by atoms with Crippen LogP contribution in [-0.4, -0.2) is 17.6 Å². The summed E-state index contributed by atoms with van der Waals surface area (Å²) in [5.41, 5.74) is 5.02. The number of carbonyl (C=O) groups excluding carboxylic acids is 2. The van der Waals surface area contributed by atoms with Crippen LogP contribution in [-0.2, 0) is 9.59 Å². The third-order valence-corrected chi connectivity index (χ3v) is 5.50. The van der Waals surface area contributed by atoms with Crippen molar-refractivity contribution in [2.45, 2.75) is 39.0 Å². The minimum Gasteiger partial charge on any atom is -0.326 e. The lowest BCUT2D eigenvalue weighted by atomic mass is 10.1. The SMILES string of the molecule is CCCC(=O)Nc1cccc([C@H]2SCC(=O)N2c2cc(C)cc(C)c2)c1. The standard InChI is InChI=1S/C21H24N2O2S/c1-4-6-19(24)22-17-8-5-7-16(12-17)21-23(20(25)13-26-21)18-10-14(2)9-15(3)11-18/h5,7-12,21H,4,6,13H2,1-3H3,(H,22,24)/t21-/m1/s1. The van der Waals surface area contributed by atoms with Crippen molar-refractivity contribution >= 4 is 35.0 Å². The van der Waals surface area contributed by atoms with Crippen LogP contribution in [0.25, 0.3) is 0 Å². The molecule has 1 aliphatic heterocycles. The molecular formula is C21H24N2O2S. The van der Waals surface area contributed by atoms with Crippen LogP contribution < -0.4 is 10.2 Å². The van der Waals surface area contributed by atoms with Crippen LogP contribution >= 0.6 is 11.8 Å². The molecule has 4 nitrogen and oxygen atoms in total. The first-order chi connectivity index (χ1) is 12.5. The van der Waals surface area contributed by atoms with E-state index in [0.29, 0.717) is 12.2 Å². The summed E-state index contributed by atoms with van der Waals surface area (Å²) in [4.78, 5) is 26.3. The van der Waals surface area contributed by atoms with Gasteiger partial charge in [-0.2, -0.15) is 0 Å². The Balaban J connectivity index is 1.90. The van der Waals surface area contributed by atoms with E-state index in [0.717, 1.165) is 34.5 Å². The number of thioether (sulfide) groups is 1. The maximum Gasteiger partial charge on any atom is 0.238 e. The molecule has 2 aromatic carbocycles. The second-order valence-corrected chi connectivity index (χ2v) is 7.77. The van der Waals surface area contributed by atoms with Gasteiger partial charge in [-0.15, -0.1) is 11.8 Å². The van der Waals surface area contributed by atoms with Gasteiger partial charge in [0.2, 0.25) is 11.8 Å². The van der Waals surface area contributed by atoms with Crippen molar-refractivity contribution < 1.29 is 9.59 Å². The number of anilines is 2. The zero-order chi connectivity index (χ0) is 18.7. The smallest absolute Gasteiger partial charge is 0.238 e. The summed E-state index contributed by atoms with van der Waals surface area (Å²) in [6.45, 7) is 6.07. The van der Waals surface area contributed by atoms with Gasteiger partial charge < -0.3 is 5.32 Å². The molecule has 26 heavy (non-hydrogen) atoms. The molecule has 1 atom stereocenters. The third kappa shape index (κ3) is 4.10. The minimum atomic E-state index is -0.0771. The van der Waals surface area contributed by atoms with Crippen molar-refractivity contribution in [3.05, 3.63) is 59.2 Å². The second-order valence-electron chi connectivity index (χ2n) is 6.70. The van der Waals surface area contributed by atoms with E-state index in [2.05, 4.69) is 23.5 Å². The van der Waals surface area contributed by atoms with Crippen LogP contribution in [0.3, 0.4) is 0 Å². The Bertz CT molecular complexity index is 814. The topological polar surface area (TPSA) is 49.4 Å². The van der Waals surface area contributed by atoms with E-state index in [9.17, 15) is 9.59 Å². The lowest BCUT2D eigenvalue weighted by molar-refractivity contribution is -0.116. The molecule has 0 radical (unpaired) electrons. The van der Waals surface area contributed by atoms with Gasteiger partial charge in [-0.05, 0) is 61.2 Å². The maximum absolute atomic E-state index is 12.6. The van der Waals surface area contributed by atoms with Crippen molar-refractivity contribution in [1.29, 1.82) is 0 Å². The minimum absolute atomic E-state index is 0.0194. The fourth-order valence-electron chi connectivity index (χ4n) is 3.26. The van der Waals surface area contributed by atoms with Gasteiger partial charge in [0.05, 0.1) is 5.75 Å². The monoisotopic (exact) mass is 368 g/mol. The van der Waals surface area contributed by atoms with E-state index < -0.39 is 0 Å². The number of carbonyl (C=O) groups is 2. The van der Waals surface area contributed by atoms with Crippen molar-refractivity contribution in [1.82, 2.24) is 0 Å². The molecule has 2 aromatic rings. The quantitative estimate of drug-likeness (QED) is 0.823. The van der Waals surface area contributed by atoms with E-state index in [1.807, 2.05) is 49.9 Å². The lowest BCUT2D eigenvalue weighted by Crippen LogP contribution is -2.28. The average molecular weight is 369 g/mol. The van der Waals surface area contributed by atoms with Crippen molar-refractivity contribution in [2.24, 2.45) is 0 Å². The van der Waals surface area contributed by atoms with Gasteiger partial charge in [-0.25, -0.2) is 0 Å². The van der Waals surface area contributed by atoms with Gasteiger partial charge in [0.1, 0.15) is 5.37 Å². The first kappa shape index (κ1) is 18.5. The molecule has 136 valence electrons. The molecule has 1 saturated heterocycles. The number of aryl methyl sites for hydroxylation is 2. The fraction of sp³-hybridized carbons (Fsp3) is 0.333. The van der Waals surface area contributed by atoms with Crippen molar-refractivity contribution in [2.75, 3.05) is 16.0 Å². The summed E-state index contributed by atoms with van der Waals surface area (Å²) in [6, 6.07) is 14.0. The Hall–Kier alpha value is -2.27. The number of rotatable bonds is 5. The molecule has 3 rings (SSSR count). The number of nitrogens with zero attached hydrogens (tertiary/aromatic N) is 1. The van der Waals surface area contributed by atoms with Crippen molar-refractivity contribution in [3.8, 4) is 0 Å². The molecule has 0 aromatic heterocycles. The number of hydrogen-bond donors (Lipinski definition) is 1. The highest BCUT2D eigenvalue weighted by molar-refractivity contribution is 8.00. The zero-order valence-corrected chi connectivity index (χ0v) is 16.2. The molecule has 0 saturated carbocycles. The van der Waals surface area contributed by atoms with Crippen LogP contribution in [0, 0.1) is 13.8 Å². The number of nitrogens with one attached hydrogen (secondary N) is 1. The molecule has 0 bridgehead atoms. The van der Waals surface area contributed by atoms with Crippen molar-refractivity contribution in [3.63, 3.8) is 0 Å². The van der Waals surface area contributed by atoms with E-state index >= 15 is 0 Å². The molecule has 0 unspecified atom stereocenters. The molecule has 1 heterocycles. The first-order valence-electron chi connectivity index (χ1n) is 8.89. The Morgan fingerprint density at radius 2 is 1.92 bits per heavy atom.